The highest BCUT2D eigenvalue weighted by Gasteiger charge is 2.22. The second-order valence-electron chi connectivity index (χ2n) is 25.2. The van der Waals surface area contributed by atoms with Gasteiger partial charge in [-0.1, -0.05) is 310 Å². The lowest BCUT2D eigenvalue weighted by atomic mass is 10.0. The molecule has 498 valence electrons. The molecule has 0 rings (SSSR count). The number of esters is 2. The van der Waals surface area contributed by atoms with Gasteiger partial charge < -0.3 is 27.9 Å². The standard InChI is InChI=1S/C76H136NO8P/c1-6-8-10-12-14-16-18-20-22-24-26-28-30-31-32-33-34-35-36-37-38-39-40-41-42-43-44-45-47-49-51-53-55-57-59-61-63-65-67-69-76(79)85-74(73-84-86(80,81)83-71-70-77(3,4)5)72-82-75(78)68-66-64-62-60-58-56-54-52-50-48-46-29-27-25-23-21-19-17-15-13-11-9-7-2/h8,10,14,16,19-22,25-28,31-32,46,48,74H,6-7,9,11-13,15,17-18,23-24,29-30,33-45,47,49-73H2,1-5H3/b10-8-,16-14-,21-19-,22-20-,27-25-,28-26-,32-31-,48-46-. The van der Waals surface area contributed by atoms with Crippen LogP contribution in [0.4, 0.5) is 0 Å². The fourth-order valence-electron chi connectivity index (χ4n) is 10.1. The average Bonchev–Trinajstić information content (AvgIpc) is 3.56. The third-order valence-electron chi connectivity index (χ3n) is 15.6. The van der Waals surface area contributed by atoms with Gasteiger partial charge in [0.1, 0.15) is 19.8 Å². The van der Waals surface area contributed by atoms with Gasteiger partial charge in [-0.3, -0.25) is 14.2 Å². The second-order valence-corrected chi connectivity index (χ2v) is 26.6. The molecule has 9 nitrogen and oxygen atoms in total. The number of ether oxygens (including phenoxy) is 2. The van der Waals surface area contributed by atoms with E-state index in [-0.39, 0.29) is 32.0 Å². The molecule has 0 radical (unpaired) electrons. The van der Waals surface area contributed by atoms with Gasteiger partial charge in [0.25, 0.3) is 7.82 Å². The van der Waals surface area contributed by atoms with Gasteiger partial charge in [0, 0.05) is 12.8 Å². The summed E-state index contributed by atoms with van der Waals surface area (Å²) in [4.78, 5) is 38.1. The Morgan fingerprint density at radius 1 is 0.372 bits per heavy atom. The van der Waals surface area contributed by atoms with E-state index in [1.54, 1.807) is 0 Å². The van der Waals surface area contributed by atoms with Gasteiger partial charge in [-0.25, -0.2) is 0 Å². The van der Waals surface area contributed by atoms with Crippen LogP contribution in [0.1, 0.15) is 322 Å². The van der Waals surface area contributed by atoms with Gasteiger partial charge in [0.05, 0.1) is 27.7 Å². The Kier molecular flexibility index (Phi) is 64.0. The lowest BCUT2D eigenvalue weighted by Gasteiger charge is -2.28. The molecule has 0 N–H and O–H groups in total. The highest BCUT2D eigenvalue weighted by molar-refractivity contribution is 7.45. The van der Waals surface area contributed by atoms with E-state index in [2.05, 4.69) is 111 Å². The van der Waals surface area contributed by atoms with Crippen LogP contribution < -0.4 is 4.89 Å². The molecule has 0 aromatic carbocycles. The summed E-state index contributed by atoms with van der Waals surface area (Å²) in [7, 11) is 1.17. The first-order chi connectivity index (χ1) is 42.0. The number of nitrogens with zero attached hydrogens (tertiary/aromatic N) is 1. The molecule has 86 heavy (non-hydrogen) atoms. The number of rotatable bonds is 66. The molecule has 10 heteroatoms. The molecule has 0 saturated carbocycles. The first kappa shape index (κ1) is 82.9. The fourth-order valence-corrected chi connectivity index (χ4v) is 10.8. The average molecular weight is 1220 g/mol. The lowest BCUT2D eigenvalue weighted by molar-refractivity contribution is -0.870. The fraction of sp³-hybridized carbons (Fsp3) is 0.763. The zero-order chi connectivity index (χ0) is 62.6. The SMILES string of the molecule is CC/C=C\C/C=C\C/C=C\C/C=C\C/C=C\CCCCCCCCCCCCCCCCCCCCCCCCCC(=O)OC(COC(=O)CCCCCCCCCC/C=C\C/C=C\C/C=C\CCCCCCC)COP(=O)([O-])OCC[N+](C)(C)C. The van der Waals surface area contributed by atoms with E-state index in [0.29, 0.717) is 17.4 Å². The maximum Gasteiger partial charge on any atom is 0.306 e. The van der Waals surface area contributed by atoms with Crippen molar-refractivity contribution < 1.29 is 42.1 Å². The number of likely N-dealkylation sites (N-methyl/N-ethyl adjacent to an activating group) is 1. The van der Waals surface area contributed by atoms with Crippen molar-refractivity contribution in [2.45, 2.75) is 328 Å². The lowest BCUT2D eigenvalue weighted by Crippen LogP contribution is -2.37. The predicted molar refractivity (Wildman–Crippen MR) is 369 cm³/mol. The van der Waals surface area contributed by atoms with E-state index < -0.39 is 26.5 Å². The molecule has 0 heterocycles. The van der Waals surface area contributed by atoms with Crippen molar-refractivity contribution in [3.05, 3.63) is 97.2 Å². The summed E-state index contributed by atoms with van der Waals surface area (Å²) in [5.74, 6) is -0.831. The Morgan fingerprint density at radius 2 is 0.663 bits per heavy atom. The highest BCUT2D eigenvalue weighted by Crippen LogP contribution is 2.38. The molecule has 0 aromatic heterocycles. The minimum atomic E-state index is -4.65. The number of allylic oxidation sites excluding steroid dienone is 16. The van der Waals surface area contributed by atoms with Crippen molar-refractivity contribution in [3.63, 3.8) is 0 Å². The van der Waals surface area contributed by atoms with Gasteiger partial charge in [-0.15, -0.1) is 0 Å². The molecule has 0 spiro atoms. The summed E-state index contributed by atoms with van der Waals surface area (Å²) in [6, 6.07) is 0. The number of carbonyl (C=O) groups is 2. The number of quaternary nitrogens is 1. The summed E-state index contributed by atoms with van der Waals surface area (Å²) in [6.07, 6.45) is 92.1. The van der Waals surface area contributed by atoms with Gasteiger partial charge in [0.15, 0.2) is 6.10 Å². The van der Waals surface area contributed by atoms with E-state index in [0.717, 1.165) is 96.3 Å². The molecule has 0 aromatic rings. The number of hydrogen-bond acceptors (Lipinski definition) is 8. The van der Waals surface area contributed by atoms with E-state index in [1.165, 1.54) is 193 Å². The monoisotopic (exact) mass is 1220 g/mol. The number of phosphoric acid groups is 1. The number of unbranched alkanes of at least 4 members (excludes halogenated alkanes) is 36. The molecular formula is C76H136NO8P. The van der Waals surface area contributed by atoms with Crippen LogP contribution in [0.25, 0.3) is 0 Å². The van der Waals surface area contributed by atoms with E-state index in [1.807, 2.05) is 21.1 Å². The van der Waals surface area contributed by atoms with Gasteiger partial charge in [-0.05, 0) is 96.3 Å². The number of hydrogen-bond donors (Lipinski definition) is 0. The van der Waals surface area contributed by atoms with Crippen molar-refractivity contribution >= 4 is 19.8 Å². The Labute approximate surface area is 532 Å². The van der Waals surface area contributed by atoms with Crippen LogP contribution in [0.15, 0.2) is 97.2 Å². The summed E-state index contributed by atoms with van der Waals surface area (Å²) < 4.78 is 34.3. The molecule has 0 bridgehead atoms. The minimum Gasteiger partial charge on any atom is -0.756 e. The van der Waals surface area contributed by atoms with E-state index >= 15 is 0 Å². The third-order valence-corrected chi connectivity index (χ3v) is 16.6. The molecule has 0 aliphatic heterocycles. The van der Waals surface area contributed by atoms with Crippen molar-refractivity contribution in [2.75, 3.05) is 47.5 Å². The smallest absolute Gasteiger partial charge is 0.306 e. The predicted octanol–water partition coefficient (Wildman–Crippen LogP) is 22.9. The van der Waals surface area contributed by atoms with Crippen LogP contribution in [0, 0.1) is 0 Å². The zero-order valence-electron chi connectivity index (χ0n) is 56.7. The largest absolute Gasteiger partial charge is 0.756 e. The summed E-state index contributed by atoms with van der Waals surface area (Å²) in [6.45, 7) is 4.14. The van der Waals surface area contributed by atoms with Crippen molar-refractivity contribution in [3.8, 4) is 0 Å². The molecule has 2 atom stereocenters. The van der Waals surface area contributed by atoms with Crippen molar-refractivity contribution in [1.82, 2.24) is 0 Å². The second kappa shape index (κ2) is 66.4. The Morgan fingerprint density at radius 3 is 0.988 bits per heavy atom. The van der Waals surface area contributed by atoms with Crippen molar-refractivity contribution in [2.24, 2.45) is 0 Å². The topological polar surface area (TPSA) is 111 Å². The highest BCUT2D eigenvalue weighted by atomic mass is 31.2. The normalized spacial score (nSPS) is 13.7. The van der Waals surface area contributed by atoms with Crippen LogP contribution >= 0.6 is 7.82 Å². The maximum atomic E-state index is 12.9. The summed E-state index contributed by atoms with van der Waals surface area (Å²) >= 11 is 0. The van der Waals surface area contributed by atoms with E-state index in [4.69, 9.17) is 18.5 Å². The van der Waals surface area contributed by atoms with Gasteiger partial charge >= 0.3 is 11.9 Å². The Bertz CT molecular complexity index is 1770. The van der Waals surface area contributed by atoms with Gasteiger partial charge in [-0.2, -0.15) is 0 Å². The first-order valence-corrected chi connectivity index (χ1v) is 37.4. The van der Waals surface area contributed by atoms with E-state index in [9.17, 15) is 19.0 Å². The molecule has 0 aliphatic carbocycles. The van der Waals surface area contributed by atoms with Crippen molar-refractivity contribution in [1.29, 1.82) is 0 Å². The van der Waals surface area contributed by atoms with Crippen LogP contribution in [-0.4, -0.2) is 70.0 Å². The quantitative estimate of drug-likeness (QED) is 0.0195. The Hall–Kier alpha value is -3.07. The molecule has 0 aliphatic rings. The summed E-state index contributed by atoms with van der Waals surface area (Å²) in [5, 5.41) is 0. The zero-order valence-corrected chi connectivity index (χ0v) is 57.6. The molecule has 0 fully saturated rings. The number of carbonyl (C=O) groups excluding carboxylic acids is 2. The molecular weight excluding hydrogens is 1090 g/mol. The first-order valence-electron chi connectivity index (χ1n) is 35.9. The molecule has 0 amide bonds. The van der Waals surface area contributed by atoms with Crippen LogP contribution in [0.3, 0.4) is 0 Å². The minimum absolute atomic E-state index is 0.0335. The van der Waals surface area contributed by atoms with Gasteiger partial charge in [0.2, 0.25) is 0 Å². The maximum absolute atomic E-state index is 12.9. The molecule has 2 unspecified atom stereocenters. The van der Waals surface area contributed by atoms with Crippen LogP contribution in [0.5, 0.6) is 0 Å². The number of phosphoric ester groups is 1. The van der Waals surface area contributed by atoms with Crippen LogP contribution in [-0.2, 0) is 32.7 Å². The third kappa shape index (κ3) is 70.0. The molecule has 0 saturated heterocycles. The summed E-state index contributed by atoms with van der Waals surface area (Å²) in [5.41, 5.74) is 0. The van der Waals surface area contributed by atoms with Crippen LogP contribution in [0.2, 0.25) is 0 Å². The Balaban J connectivity index is 3.97.